The second-order valence-electron chi connectivity index (χ2n) is 5.61. The lowest BCUT2D eigenvalue weighted by Gasteiger charge is -2.34. The third-order valence-corrected chi connectivity index (χ3v) is 3.24. The highest BCUT2D eigenvalue weighted by atomic mass is 16.2. The van der Waals surface area contributed by atoms with Crippen LogP contribution >= 0.6 is 0 Å². The average Bonchev–Trinajstić information content (AvgIpc) is 2.49. The number of nitrogens with zero attached hydrogens (tertiary/aromatic N) is 1. The number of likely N-dealkylation sites (N-methyl/N-ethyl adjacent to an activating group) is 1. The third-order valence-electron chi connectivity index (χ3n) is 3.24. The summed E-state index contributed by atoms with van der Waals surface area (Å²) in [6.45, 7) is 9.38. The monoisotopic (exact) mass is 212 g/mol. The molecule has 0 spiro atoms. The molecule has 88 valence electrons. The minimum Gasteiger partial charge on any atom is -0.339 e. The maximum Gasteiger partial charge on any atom is 0.240 e. The van der Waals surface area contributed by atoms with E-state index in [4.69, 9.17) is 0 Å². The van der Waals surface area contributed by atoms with Gasteiger partial charge in [-0.25, -0.2) is 0 Å². The van der Waals surface area contributed by atoms with E-state index >= 15 is 0 Å². The standard InChI is InChI=1S/C12H24N2O/c1-9-7-6-8-14(9)11(15)10(13-5)12(2,3)4/h9-10,13H,6-8H2,1-5H3/t9?,10-/m1/s1. The van der Waals surface area contributed by atoms with Crippen LogP contribution in [0.2, 0.25) is 0 Å². The molecule has 1 N–H and O–H groups in total. The zero-order valence-electron chi connectivity index (χ0n) is 10.6. The van der Waals surface area contributed by atoms with Crippen molar-refractivity contribution in [2.45, 2.75) is 52.6 Å². The molecule has 3 nitrogen and oxygen atoms in total. The van der Waals surface area contributed by atoms with Crippen LogP contribution in [0.25, 0.3) is 0 Å². The summed E-state index contributed by atoms with van der Waals surface area (Å²) >= 11 is 0. The SMILES string of the molecule is CN[C@H](C(=O)N1CCCC1C)C(C)(C)C. The van der Waals surface area contributed by atoms with Crippen molar-refractivity contribution in [1.82, 2.24) is 10.2 Å². The van der Waals surface area contributed by atoms with E-state index in [2.05, 4.69) is 33.0 Å². The second-order valence-corrected chi connectivity index (χ2v) is 5.61. The van der Waals surface area contributed by atoms with E-state index in [1.807, 2.05) is 11.9 Å². The van der Waals surface area contributed by atoms with E-state index in [1.54, 1.807) is 0 Å². The molecule has 15 heavy (non-hydrogen) atoms. The van der Waals surface area contributed by atoms with Crippen LogP contribution in [0.15, 0.2) is 0 Å². The van der Waals surface area contributed by atoms with Crippen LogP contribution in [0.5, 0.6) is 0 Å². The van der Waals surface area contributed by atoms with Crippen LogP contribution in [0.1, 0.15) is 40.5 Å². The predicted molar refractivity (Wildman–Crippen MR) is 62.7 cm³/mol. The quantitative estimate of drug-likeness (QED) is 0.754. The summed E-state index contributed by atoms with van der Waals surface area (Å²) in [4.78, 5) is 14.3. The smallest absolute Gasteiger partial charge is 0.240 e. The molecule has 0 saturated carbocycles. The van der Waals surface area contributed by atoms with Gasteiger partial charge in [-0.05, 0) is 32.2 Å². The summed E-state index contributed by atoms with van der Waals surface area (Å²) in [6.07, 6.45) is 2.29. The van der Waals surface area contributed by atoms with Crippen molar-refractivity contribution in [2.75, 3.05) is 13.6 Å². The molecule has 0 aromatic heterocycles. The predicted octanol–water partition coefficient (Wildman–Crippen LogP) is 1.63. The molecule has 0 aromatic carbocycles. The maximum atomic E-state index is 12.3. The van der Waals surface area contributed by atoms with Crippen LogP contribution in [0.3, 0.4) is 0 Å². The zero-order valence-corrected chi connectivity index (χ0v) is 10.6. The Morgan fingerprint density at radius 3 is 2.40 bits per heavy atom. The highest BCUT2D eigenvalue weighted by Gasteiger charge is 2.36. The summed E-state index contributed by atoms with van der Waals surface area (Å²) in [6, 6.07) is 0.341. The first-order valence-electron chi connectivity index (χ1n) is 5.85. The fourth-order valence-electron chi connectivity index (χ4n) is 2.35. The molecule has 1 aliphatic heterocycles. The van der Waals surface area contributed by atoms with Gasteiger partial charge in [-0.1, -0.05) is 20.8 Å². The normalized spacial score (nSPS) is 24.3. The van der Waals surface area contributed by atoms with Crippen LogP contribution < -0.4 is 5.32 Å². The van der Waals surface area contributed by atoms with Crippen LogP contribution in [-0.4, -0.2) is 36.5 Å². The van der Waals surface area contributed by atoms with Crippen molar-refractivity contribution in [3.8, 4) is 0 Å². The number of amides is 1. The van der Waals surface area contributed by atoms with Gasteiger partial charge in [-0.2, -0.15) is 0 Å². The number of rotatable bonds is 2. The van der Waals surface area contributed by atoms with Gasteiger partial charge in [0, 0.05) is 12.6 Å². The minimum absolute atomic E-state index is 0.0197. The Labute approximate surface area is 93.2 Å². The van der Waals surface area contributed by atoms with Crippen molar-refractivity contribution >= 4 is 5.91 Å². The van der Waals surface area contributed by atoms with E-state index in [9.17, 15) is 4.79 Å². The second kappa shape index (κ2) is 4.52. The molecule has 3 heteroatoms. The summed E-state index contributed by atoms with van der Waals surface area (Å²) in [7, 11) is 1.87. The van der Waals surface area contributed by atoms with E-state index in [0.717, 1.165) is 19.4 Å². The molecular weight excluding hydrogens is 188 g/mol. The van der Waals surface area contributed by atoms with Gasteiger partial charge in [0.2, 0.25) is 5.91 Å². The van der Waals surface area contributed by atoms with Gasteiger partial charge in [0.1, 0.15) is 0 Å². The Kier molecular flexibility index (Phi) is 3.77. The minimum atomic E-state index is -0.0713. The number of hydrogen-bond acceptors (Lipinski definition) is 2. The van der Waals surface area contributed by atoms with Gasteiger partial charge in [0.05, 0.1) is 6.04 Å². The molecule has 1 heterocycles. The molecule has 1 rings (SSSR count). The first-order chi connectivity index (χ1) is 6.88. The van der Waals surface area contributed by atoms with Crippen molar-refractivity contribution in [3.63, 3.8) is 0 Å². The van der Waals surface area contributed by atoms with Crippen molar-refractivity contribution in [3.05, 3.63) is 0 Å². The van der Waals surface area contributed by atoms with E-state index in [1.165, 1.54) is 0 Å². The summed E-state index contributed by atoms with van der Waals surface area (Å²) in [5, 5.41) is 3.15. The van der Waals surface area contributed by atoms with Crippen molar-refractivity contribution < 1.29 is 4.79 Å². The van der Waals surface area contributed by atoms with Gasteiger partial charge in [0.25, 0.3) is 0 Å². The average molecular weight is 212 g/mol. The van der Waals surface area contributed by atoms with Crippen LogP contribution in [0.4, 0.5) is 0 Å². The molecule has 1 fully saturated rings. The van der Waals surface area contributed by atoms with Gasteiger partial charge in [-0.3, -0.25) is 4.79 Å². The van der Waals surface area contributed by atoms with Gasteiger partial charge < -0.3 is 10.2 Å². The molecule has 1 saturated heterocycles. The Balaban J connectivity index is 2.73. The summed E-state index contributed by atoms with van der Waals surface area (Å²) in [5.41, 5.74) is -0.0197. The molecule has 0 aliphatic carbocycles. The van der Waals surface area contributed by atoms with E-state index in [-0.39, 0.29) is 17.4 Å². The number of carbonyl (C=O) groups is 1. The highest BCUT2D eigenvalue weighted by Crippen LogP contribution is 2.24. The maximum absolute atomic E-state index is 12.3. The van der Waals surface area contributed by atoms with Crippen LogP contribution in [-0.2, 0) is 4.79 Å². The largest absolute Gasteiger partial charge is 0.339 e. The first-order valence-corrected chi connectivity index (χ1v) is 5.85. The number of nitrogens with one attached hydrogen (secondary N) is 1. The van der Waals surface area contributed by atoms with E-state index in [0.29, 0.717) is 6.04 Å². The lowest BCUT2D eigenvalue weighted by molar-refractivity contribution is -0.136. The Morgan fingerprint density at radius 2 is 2.07 bits per heavy atom. The molecule has 2 atom stereocenters. The topological polar surface area (TPSA) is 32.3 Å². The fourth-order valence-corrected chi connectivity index (χ4v) is 2.35. The fraction of sp³-hybridized carbons (Fsp3) is 0.917. The van der Waals surface area contributed by atoms with Gasteiger partial charge >= 0.3 is 0 Å². The highest BCUT2D eigenvalue weighted by molar-refractivity contribution is 5.83. The third kappa shape index (κ3) is 2.71. The Morgan fingerprint density at radius 1 is 1.47 bits per heavy atom. The van der Waals surface area contributed by atoms with E-state index < -0.39 is 0 Å². The molecule has 0 aromatic rings. The zero-order chi connectivity index (χ0) is 11.6. The first kappa shape index (κ1) is 12.5. The van der Waals surface area contributed by atoms with Gasteiger partial charge in [-0.15, -0.1) is 0 Å². The van der Waals surface area contributed by atoms with Crippen LogP contribution in [0, 0.1) is 5.41 Å². The van der Waals surface area contributed by atoms with Gasteiger partial charge in [0.15, 0.2) is 0 Å². The molecule has 1 aliphatic rings. The summed E-state index contributed by atoms with van der Waals surface area (Å²) in [5.74, 6) is 0.259. The lowest BCUT2D eigenvalue weighted by Crippen LogP contribution is -2.52. The molecule has 0 bridgehead atoms. The van der Waals surface area contributed by atoms with Crippen molar-refractivity contribution in [2.24, 2.45) is 5.41 Å². The molecular formula is C12H24N2O. The number of likely N-dealkylation sites (tertiary alicyclic amines) is 1. The summed E-state index contributed by atoms with van der Waals surface area (Å²) < 4.78 is 0. The Bertz CT molecular complexity index is 232. The Hall–Kier alpha value is -0.570. The molecule has 1 unspecified atom stereocenters. The lowest BCUT2D eigenvalue weighted by atomic mass is 9.86. The van der Waals surface area contributed by atoms with Crippen molar-refractivity contribution in [1.29, 1.82) is 0 Å². The number of carbonyl (C=O) groups excluding carboxylic acids is 1. The number of hydrogen-bond donors (Lipinski definition) is 1. The molecule has 1 amide bonds. The molecule has 0 radical (unpaired) electrons.